The van der Waals surface area contributed by atoms with Gasteiger partial charge in [-0.3, -0.25) is 0 Å². The van der Waals surface area contributed by atoms with Gasteiger partial charge in [0.2, 0.25) is 0 Å². The predicted molar refractivity (Wildman–Crippen MR) is 48.4 cm³/mol. The molecule has 0 spiro atoms. The Labute approximate surface area is 71.8 Å². The third kappa shape index (κ3) is 3.92. The summed E-state index contributed by atoms with van der Waals surface area (Å²) in [4.78, 5) is 0. The maximum Gasteiger partial charge on any atom is 0.0756 e. The molecule has 0 unspecified atom stereocenters. The lowest BCUT2D eigenvalue weighted by molar-refractivity contribution is 0.199. The molecule has 0 aliphatic heterocycles. The molecule has 0 heterocycles. The van der Waals surface area contributed by atoms with Crippen molar-refractivity contribution in [1.29, 1.82) is 0 Å². The van der Waals surface area contributed by atoms with Crippen LogP contribution >= 0.6 is 45.5 Å². The van der Waals surface area contributed by atoms with Crippen LogP contribution in [0, 0.1) is 0 Å². The summed E-state index contributed by atoms with van der Waals surface area (Å²) >= 11 is 4.55. The van der Waals surface area contributed by atoms with Crippen molar-refractivity contribution in [2.24, 2.45) is 0 Å². The Bertz CT molecular complexity index is 48.2. The predicted octanol–water partition coefficient (Wildman–Crippen LogP) is 1.51. The van der Waals surface area contributed by atoms with Crippen LogP contribution in [0.25, 0.3) is 0 Å². The zero-order valence-corrected chi connectivity index (χ0v) is 8.67. The van der Waals surface area contributed by atoms with Crippen molar-refractivity contribution in [2.45, 2.75) is 0 Å². The van der Waals surface area contributed by atoms with E-state index in [4.69, 9.17) is 0 Å². The van der Waals surface area contributed by atoms with Crippen molar-refractivity contribution in [3.8, 4) is 0 Å². The highest BCUT2D eigenvalue weighted by Crippen LogP contribution is 2.02. The fourth-order valence-corrected chi connectivity index (χ4v) is 0.717. The molecule has 0 aliphatic rings. The van der Waals surface area contributed by atoms with Crippen LogP contribution in [0.5, 0.6) is 0 Å². The Kier molecular flexibility index (Phi) is 5.12. The molecule has 0 radical (unpaired) electrons. The van der Waals surface area contributed by atoms with Gasteiger partial charge in [-0.1, -0.05) is 22.6 Å². The van der Waals surface area contributed by atoms with Crippen LogP contribution in [-0.4, -0.2) is 26.9 Å². The van der Waals surface area contributed by atoms with E-state index in [9.17, 15) is 0 Å². The highest BCUT2D eigenvalue weighted by molar-refractivity contribution is 14.1. The first-order chi connectivity index (χ1) is 3.18. The first-order valence-corrected chi connectivity index (χ1v) is 4.34. The molecule has 0 aromatic carbocycles. The molecule has 0 aromatic rings. The maximum absolute atomic E-state index is 2.31. The highest BCUT2D eigenvalue weighted by Gasteiger charge is 1.95. The zero-order valence-electron chi connectivity index (χ0n) is 4.36. The van der Waals surface area contributed by atoms with Crippen molar-refractivity contribution in [3.63, 3.8) is 0 Å². The number of rotatable bonds is 2. The summed E-state index contributed by atoms with van der Waals surface area (Å²) in [6, 6.07) is 0. The van der Waals surface area contributed by atoms with Crippen LogP contribution in [0.1, 0.15) is 0 Å². The smallest absolute Gasteiger partial charge is 0.0756 e. The largest absolute Gasteiger partial charge is 0.238 e. The van der Waals surface area contributed by atoms with E-state index in [1.807, 2.05) is 19.1 Å². The number of hydrogen-bond donors (Lipinski definition) is 0. The van der Waals surface area contributed by atoms with E-state index in [1.165, 1.54) is 0 Å². The van der Waals surface area contributed by atoms with Gasteiger partial charge in [-0.15, -0.1) is 0 Å². The van der Waals surface area contributed by atoms with E-state index < -0.39 is 0 Å². The van der Waals surface area contributed by atoms with E-state index in [0.717, 1.165) is 4.55 Å². The van der Waals surface area contributed by atoms with Crippen molar-refractivity contribution >= 4 is 45.5 Å². The fraction of sp³-hybridized carbons (Fsp3) is 1.00. The van der Waals surface area contributed by atoms with Gasteiger partial charge in [-0.2, -0.15) is 3.22 Å². The SMILES string of the molecule is CN(C)N(I)CI. The number of nitrogens with zero attached hydrogens (tertiary/aromatic N) is 2. The van der Waals surface area contributed by atoms with E-state index >= 15 is 0 Å². The zero-order chi connectivity index (χ0) is 5.86. The van der Waals surface area contributed by atoms with Gasteiger partial charge in [-0.05, 0) is 0 Å². The number of hydrazine groups is 1. The van der Waals surface area contributed by atoms with E-state index in [0.29, 0.717) is 0 Å². The lowest BCUT2D eigenvalue weighted by Crippen LogP contribution is -2.25. The molecule has 0 rings (SSSR count). The Morgan fingerprint density at radius 1 is 1.43 bits per heavy atom. The second kappa shape index (κ2) is 4.28. The van der Waals surface area contributed by atoms with E-state index in [2.05, 4.69) is 48.7 Å². The number of hydrogen-bond acceptors (Lipinski definition) is 2. The Balaban J connectivity index is 3.14. The summed E-state index contributed by atoms with van der Waals surface area (Å²) in [5.74, 6) is 0. The van der Waals surface area contributed by atoms with Gasteiger partial charge in [0, 0.05) is 37.0 Å². The molecule has 0 aliphatic carbocycles. The minimum atomic E-state index is 1.03. The Morgan fingerprint density at radius 2 is 1.86 bits per heavy atom. The van der Waals surface area contributed by atoms with Gasteiger partial charge >= 0.3 is 0 Å². The van der Waals surface area contributed by atoms with Gasteiger partial charge in [-0.25, -0.2) is 5.01 Å². The van der Waals surface area contributed by atoms with Crippen LogP contribution in [0.4, 0.5) is 0 Å². The maximum atomic E-state index is 2.31. The van der Waals surface area contributed by atoms with Crippen LogP contribution in [0.2, 0.25) is 0 Å². The summed E-state index contributed by atoms with van der Waals surface area (Å²) in [6.45, 7) is 0. The average molecular weight is 326 g/mol. The number of alkyl halides is 1. The molecule has 2 nitrogen and oxygen atoms in total. The first kappa shape index (κ1) is 8.38. The summed E-state index contributed by atoms with van der Waals surface area (Å²) in [6.07, 6.45) is 0. The van der Waals surface area contributed by atoms with Gasteiger partial charge < -0.3 is 0 Å². The monoisotopic (exact) mass is 326 g/mol. The quantitative estimate of drug-likeness (QED) is 0.250. The van der Waals surface area contributed by atoms with Gasteiger partial charge in [0.25, 0.3) is 0 Å². The second-order valence-electron chi connectivity index (χ2n) is 1.30. The molecule has 44 valence electrons. The standard InChI is InChI=1S/C3H8I2N2/c1-6(2)7(5)3-4/h3H2,1-2H3. The van der Waals surface area contributed by atoms with Crippen molar-refractivity contribution in [1.82, 2.24) is 8.23 Å². The molecule has 0 atom stereocenters. The number of halogens is 2. The normalized spacial score (nSPS) is 11.1. The average Bonchev–Trinajstić information content (AvgIpc) is 1.65. The van der Waals surface area contributed by atoms with E-state index in [1.54, 1.807) is 0 Å². The van der Waals surface area contributed by atoms with Gasteiger partial charge in [0.1, 0.15) is 0 Å². The Morgan fingerprint density at radius 3 is 1.86 bits per heavy atom. The molecule has 0 saturated carbocycles. The van der Waals surface area contributed by atoms with Gasteiger partial charge in [0.05, 0.1) is 4.55 Å². The minimum absolute atomic E-state index is 1.03. The first-order valence-electron chi connectivity index (χ1n) is 1.85. The van der Waals surface area contributed by atoms with Crippen molar-refractivity contribution in [2.75, 3.05) is 18.6 Å². The topological polar surface area (TPSA) is 6.48 Å². The van der Waals surface area contributed by atoms with Crippen LogP contribution < -0.4 is 0 Å². The lowest BCUT2D eigenvalue weighted by Gasteiger charge is -2.17. The molecule has 0 bridgehead atoms. The van der Waals surface area contributed by atoms with Crippen molar-refractivity contribution < 1.29 is 0 Å². The molecule has 7 heavy (non-hydrogen) atoms. The summed E-state index contributed by atoms with van der Waals surface area (Å²) < 4.78 is 3.11. The van der Waals surface area contributed by atoms with Crippen LogP contribution in [-0.2, 0) is 0 Å². The third-order valence-electron chi connectivity index (χ3n) is 0.533. The molecular weight excluding hydrogens is 318 g/mol. The molecule has 0 saturated heterocycles. The third-order valence-corrected chi connectivity index (χ3v) is 3.69. The molecule has 0 amide bonds. The fourth-order valence-electron chi connectivity index (χ4n) is 0.107. The summed E-state index contributed by atoms with van der Waals surface area (Å²) in [5.41, 5.74) is 0. The Hall–Kier alpha value is 1.38. The molecule has 0 aromatic heterocycles. The van der Waals surface area contributed by atoms with E-state index in [-0.39, 0.29) is 0 Å². The van der Waals surface area contributed by atoms with Gasteiger partial charge in [0.15, 0.2) is 0 Å². The minimum Gasteiger partial charge on any atom is -0.238 e. The molecule has 0 N–H and O–H groups in total. The van der Waals surface area contributed by atoms with Crippen LogP contribution in [0.15, 0.2) is 0 Å². The molecule has 0 fully saturated rings. The molecular formula is C3H8I2N2. The highest BCUT2D eigenvalue weighted by atomic mass is 127. The van der Waals surface area contributed by atoms with Crippen LogP contribution in [0.3, 0.4) is 0 Å². The summed E-state index contributed by atoms with van der Waals surface area (Å²) in [7, 11) is 4.04. The second-order valence-corrected chi connectivity index (χ2v) is 3.10. The lowest BCUT2D eigenvalue weighted by atomic mass is 11.1. The molecule has 4 heteroatoms. The summed E-state index contributed by atoms with van der Waals surface area (Å²) in [5, 5.41) is 2.03. The van der Waals surface area contributed by atoms with Crippen molar-refractivity contribution in [3.05, 3.63) is 0 Å².